The lowest BCUT2D eigenvalue weighted by Crippen LogP contribution is -2.14. The molecule has 0 aliphatic heterocycles. The summed E-state index contributed by atoms with van der Waals surface area (Å²) in [6.07, 6.45) is 0. The molecule has 1 rings (SSSR count). The third-order valence-corrected chi connectivity index (χ3v) is 2.26. The molecule has 0 bridgehead atoms. The van der Waals surface area contributed by atoms with E-state index in [-0.39, 0.29) is 0 Å². The van der Waals surface area contributed by atoms with Crippen LogP contribution in [-0.4, -0.2) is 5.91 Å². The maximum Gasteiger partial charge on any atom is 0.249 e. The van der Waals surface area contributed by atoms with Crippen LogP contribution in [-0.2, 0) is 0 Å². The second-order valence-corrected chi connectivity index (χ2v) is 3.14. The van der Waals surface area contributed by atoms with Crippen LogP contribution in [0.25, 0.3) is 0 Å². The van der Waals surface area contributed by atoms with Gasteiger partial charge < -0.3 is 5.73 Å². The Kier molecular flexibility index (Phi) is 2.38. The number of carbonyl (C=O) groups excluding carboxylic acids is 1. The van der Waals surface area contributed by atoms with Gasteiger partial charge in [-0.1, -0.05) is 17.7 Å². The Morgan fingerprint density at radius 1 is 1.42 bits per heavy atom. The van der Waals surface area contributed by atoms with Gasteiger partial charge in [-0.3, -0.25) is 4.79 Å². The van der Waals surface area contributed by atoms with E-state index in [1.165, 1.54) is 0 Å². The molecule has 0 heterocycles. The van der Waals surface area contributed by atoms with Crippen molar-refractivity contribution in [1.29, 1.82) is 0 Å². The molecule has 0 spiro atoms. The number of hydrogen-bond donors (Lipinski definition) is 1. The van der Waals surface area contributed by atoms with Crippen molar-refractivity contribution in [2.45, 2.75) is 13.8 Å². The van der Waals surface area contributed by atoms with Crippen LogP contribution < -0.4 is 5.73 Å². The van der Waals surface area contributed by atoms with Crippen molar-refractivity contribution in [2.75, 3.05) is 0 Å². The van der Waals surface area contributed by atoms with Gasteiger partial charge in [0.1, 0.15) is 0 Å². The molecular formula is C9H10ClNO. The third-order valence-electron chi connectivity index (χ3n) is 1.85. The van der Waals surface area contributed by atoms with E-state index in [1.807, 2.05) is 6.92 Å². The van der Waals surface area contributed by atoms with E-state index < -0.39 is 5.91 Å². The highest BCUT2D eigenvalue weighted by Gasteiger charge is 2.10. The lowest BCUT2D eigenvalue weighted by molar-refractivity contribution is 0.0999. The molecule has 0 fully saturated rings. The summed E-state index contributed by atoms with van der Waals surface area (Å²) in [5, 5.41) is 0.578. The largest absolute Gasteiger partial charge is 0.366 e. The molecular weight excluding hydrogens is 174 g/mol. The number of primary amides is 1. The highest BCUT2D eigenvalue weighted by molar-refractivity contribution is 6.31. The van der Waals surface area contributed by atoms with Gasteiger partial charge >= 0.3 is 0 Å². The van der Waals surface area contributed by atoms with Crippen LogP contribution >= 0.6 is 11.6 Å². The Morgan fingerprint density at radius 3 is 2.42 bits per heavy atom. The van der Waals surface area contributed by atoms with Crippen molar-refractivity contribution in [2.24, 2.45) is 5.73 Å². The lowest BCUT2D eigenvalue weighted by atomic mass is 10.0. The SMILES string of the molecule is Cc1ccc(Cl)c(C)c1C(N)=O. The number of hydrogen-bond acceptors (Lipinski definition) is 1. The molecule has 0 aromatic heterocycles. The Labute approximate surface area is 76.3 Å². The second-order valence-electron chi connectivity index (χ2n) is 2.73. The predicted octanol–water partition coefficient (Wildman–Crippen LogP) is 2.06. The molecule has 1 amide bonds. The van der Waals surface area contributed by atoms with Crippen LogP contribution in [0.1, 0.15) is 21.5 Å². The fraction of sp³-hybridized carbons (Fsp3) is 0.222. The van der Waals surface area contributed by atoms with Crippen LogP contribution in [0.2, 0.25) is 5.02 Å². The number of amides is 1. The number of nitrogens with two attached hydrogens (primary N) is 1. The van der Waals surface area contributed by atoms with Gasteiger partial charge in [-0.15, -0.1) is 0 Å². The Hall–Kier alpha value is -1.02. The van der Waals surface area contributed by atoms with Gasteiger partial charge in [0.05, 0.1) is 0 Å². The van der Waals surface area contributed by atoms with Gasteiger partial charge in [0.25, 0.3) is 0 Å². The predicted molar refractivity (Wildman–Crippen MR) is 49.4 cm³/mol. The smallest absolute Gasteiger partial charge is 0.249 e. The van der Waals surface area contributed by atoms with E-state index in [9.17, 15) is 4.79 Å². The zero-order valence-electron chi connectivity index (χ0n) is 7.02. The van der Waals surface area contributed by atoms with Gasteiger partial charge in [0.2, 0.25) is 5.91 Å². The first kappa shape index (κ1) is 9.07. The first-order valence-electron chi connectivity index (χ1n) is 3.59. The fourth-order valence-electron chi connectivity index (χ4n) is 1.20. The first-order chi connectivity index (χ1) is 5.54. The van der Waals surface area contributed by atoms with Crippen molar-refractivity contribution in [3.63, 3.8) is 0 Å². The van der Waals surface area contributed by atoms with E-state index in [2.05, 4.69) is 0 Å². The molecule has 1 aromatic carbocycles. The number of halogens is 1. The molecule has 64 valence electrons. The topological polar surface area (TPSA) is 43.1 Å². The minimum Gasteiger partial charge on any atom is -0.366 e. The third kappa shape index (κ3) is 1.43. The van der Waals surface area contributed by atoms with Crippen LogP contribution in [0.3, 0.4) is 0 Å². The zero-order chi connectivity index (χ0) is 9.30. The highest BCUT2D eigenvalue weighted by Crippen LogP contribution is 2.21. The lowest BCUT2D eigenvalue weighted by Gasteiger charge is -2.06. The maximum atomic E-state index is 11.0. The molecule has 1 aromatic rings. The molecule has 0 saturated carbocycles. The number of aryl methyl sites for hydroxylation is 1. The minimum atomic E-state index is -0.424. The van der Waals surface area contributed by atoms with E-state index >= 15 is 0 Å². The Bertz CT molecular complexity index is 334. The van der Waals surface area contributed by atoms with E-state index in [4.69, 9.17) is 17.3 Å². The summed E-state index contributed by atoms with van der Waals surface area (Å²) < 4.78 is 0. The molecule has 0 saturated heterocycles. The molecule has 2 N–H and O–H groups in total. The van der Waals surface area contributed by atoms with Gasteiger partial charge in [-0.05, 0) is 31.0 Å². The van der Waals surface area contributed by atoms with Gasteiger partial charge in [0, 0.05) is 10.6 Å². The minimum absolute atomic E-state index is 0.424. The molecule has 0 radical (unpaired) electrons. The number of carbonyl (C=O) groups is 1. The quantitative estimate of drug-likeness (QED) is 0.712. The summed E-state index contributed by atoms with van der Waals surface area (Å²) in [5.74, 6) is -0.424. The Morgan fingerprint density at radius 2 is 2.00 bits per heavy atom. The van der Waals surface area contributed by atoms with Gasteiger partial charge in [0.15, 0.2) is 0 Å². The van der Waals surface area contributed by atoms with Crippen LogP contribution in [0, 0.1) is 13.8 Å². The molecule has 12 heavy (non-hydrogen) atoms. The van der Waals surface area contributed by atoms with Crippen LogP contribution in [0.15, 0.2) is 12.1 Å². The average molecular weight is 184 g/mol. The van der Waals surface area contributed by atoms with E-state index in [0.717, 1.165) is 11.1 Å². The highest BCUT2D eigenvalue weighted by atomic mass is 35.5. The summed E-state index contributed by atoms with van der Waals surface area (Å²) in [5.41, 5.74) is 7.34. The fourth-order valence-corrected chi connectivity index (χ4v) is 1.36. The van der Waals surface area contributed by atoms with Crippen LogP contribution in [0.4, 0.5) is 0 Å². The van der Waals surface area contributed by atoms with Crippen molar-refractivity contribution in [1.82, 2.24) is 0 Å². The van der Waals surface area contributed by atoms with Crippen molar-refractivity contribution < 1.29 is 4.79 Å². The number of benzene rings is 1. The summed E-state index contributed by atoms with van der Waals surface area (Å²) >= 11 is 5.82. The van der Waals surface area contributed by atoms with Crippen molar-refractivity contribution >= 4 is 17.5 Å². The Balaban J connectivity index is 3.43. The summed E-state index contributed by atoms with van der Waals surface area (Å²) in [6.45, 7) is 3.62. The molecule has 0 aliphatic rings. The maximum absolute atomic E-state index is 11.0. The zero-order valence-corrected chi connectivity index (χ0v) is 7.77. The van der Waals surface area contributed by atoms with Gasteiger partial charge in [-0.25, -0.2) is 0 Å². The normalized spacial score (nSPS) is 9.92. The van der Waals surface area contributed by atoms with Crippen molar-refractivity contribution in [3.05, 3.63) is 33.8 Å². The number of rotatable bonds is 1. The molecule has 0 atom stereocenters. The van der Waals surface area contributed by atoms with E-state index in [1.54, 1.807) is 19.1 Å². The monoisotopic (exact) mass is 183 g/mol. The summed E-state index contributed by atoms with van der Waals surface area (Å²) in [6, 6.07) is 3.55. The molecule has 3 heteroatoms. The molecule has 2 nitrogen and oxygen atoms in total. The molecule has 0 aliphatic carbocycles. The second kappa shape index (κ2) is 3.15. The molecule has 0 unspecified atom stereocenters. The average Bonchev–Trinajstić information content (AvgIpc) is 1.97. The van der Waals surface area contributed by atoms with Crippen molar-refractivity contribution in [3.8, 4) is 0 Å². The first-order valence-corrected chi connectivity index (χ1v) is 3.97. The summed E-state index contributed by atoms with van der Waals surface area (Å²) in [4.78, 5) is 11.0. The summed E-state index contributed by atoms with van der Waals surface area (Å²) in [7, 11) is 0. The van der Waals surface area contributed by atoms with Gasteiger partial charge in [-0.2, -0.15) is 0 Å². The van der Waals surface area contributed by atoms with E-state index in [0.29, 0.717) is 10.6 Å². The standard InChI is InChI=1S/C9H10ClNO/c1-5-3-4-7(10)6(2)8(5)9(11)12/h3-4H,1-2H3,(H2,11,12). The van der Waals surface area contributed by atoms with Crippen LogP contribution in [0.5, 0.6) is 0 Å².